The van der Waals surface area contributed by atoms with Crippen molar-refractivity contribution in [1.29, 1.82) is 0 Å². The number of ether oxygens (including phenoxy) is 1. The Balaban J connectivity index is 0. The number of benzene rings is 1. The summed E-state index contributed by atoms with van der Waals surface area (Å²) in [6.07, 6.45) is -0.528. The highest BCUT2D eigenvalue weighted by atomic mass is 16.5. The Kier molecular flexibility index (Phi) is 16.0. The van der Waals surface area contributed by atoms with Crippen LogP contribution in [-0.4, -0.2) is 37.5 Å². The van der Waals surface area contributed by atoms with Crippen LogP contribution >= 0.6 is 0 Å². The number of aliphatic hydroxyl groups excluding tert-OH is 1. The molecule has 0 aromatic heterocycles. The summed E-state index contributed by atoms with van der Waals surface area (Å²) in [5, 5.41) is 14.2. The molecule has 1 rings (SSSR count). The molecular formula is C15H28N2O3. The number of para-hydroxylation sites is 1. The number of amides is 1. The quantitative estimate of drug-likeness (QED) is 0.777. The molecule has 0 spiro atoms. The van der Waals surface area contributed by atoms with E-state index >= 15 is 0 Å². The lowest BCUT2D eigenvalue weighted by molar-refractivity contribution is 0.130. The average Bonchev–Trinajstić information content (AvgIpc) is 2.53. The van der Waals surface area contributed by atoms with Gasteiger partial charge in [0.25, 0.3) is 0 Å². The van der Waals surface area contributed by atoms with Gasteiger partial charge in [-0.3, -0.25) is 5.32 Å². The standard InChI is InChI=1S/C11H16N2O3.2C2H6/c1-12-10(7-14)8-16-11(15)13-9-5-3-2-4-6-9;2*1-2/h2-6,10,12,14H,7-8H2,1H3,(H,13,15);2*1-2H3. The Morgan fingerprint density at radius 3 is 2.20 bits per heavy atom. The maximum Gasteiger partial charge on any atom is 0.411 e. The van der Waals surface area contributed by atoms with E-state index in [-0.39, 0.29) is 19.3 Å². The highest BCUT2D eigenvalue weighted by molar-refractivity contribution is 5.84. The van der Waals surface area contributed by atoms with Crippen molar-refractivity contribution in [3.63, 3.8) is 0 Å². The van der Waals surface area contributed by atoms with E-state index in [4.69, 9.17) is 9.84 Å². The monoisotopic (exact) mass is 284 g/mol. The molecule has 0 aliphatic carbocycles. The second kappa shape index (κ2) is 15.5. The van der Waals surface area contributed by atoms with Crippen molar-refractivity contribution in [3.8, 4) is 0 Å². The van der Waals surface area contributed by atoms with E-state index in [1.54, 1.807) is 19.2 Å². The van der Waals surface area contributed by atoms with Gasteiger partial charge in [0.05, 0.1) is 12.6 Å². The summed E-state index contributed by atoms with van der Waals surface area (Å²) >= 11 is 0. The van der Waals surface area contributed by atoms with Gasteiger partial charge in [0.2, 0.25) is 0 Å². The number of carbonyl (C=O) groups is 1. The number of hydrogen-bond donors (Lipinski definition) is 3. The first-order valence-corrected chi connectivity index (χ1v) is 7.03. The highest BCUT2D eigenvalue weighted by Crippen LogP contribution is 2.05. The zero-order chi connectivity index (χ0) is 15.8. The van der Waals surface area contributed by atoms with Gasteiger partial charge >= 0.3 is 6.09 Å². The first-order chi connectivity index (χ1) is 9.76. The first-order valence-electron chi connectivity index (χ1n) is 7.03. The maximum absolute atomic E-state index is 11.3. The van der Waals surface area contributed by atoms with Crippen LogP contribution in [0.1, 0.15) is 27.7 Å². The van der Waals surface area contributed by atoms with Crippen molar-refractivity contribution in [1.82, 2.24) is 5.32 Å². The van der Waals surface area contributed by atoms with Crippen LogP contribution in [0.5, 0.6) is 0 Å². The predicted octanol–water partition coefficient (Wildman–Crippen LogP) is 2.87. The molecule has 5 nitrogen and oxygen atoms in total. The molecule has 0 heterocycles. The zero-order valence-corrected chi connectivity index (χ0v) is 13.1. The molecule has 1 aromatic rings. The summed E-state index contributed by atoms with van der Waals surface area (Å²) in [6, 6.07) is 8.80. The van der Waals surface area contributed by atoms with E-state index in [0.717, 1.165) is 0 Å². The van der Waals surface area contributed by atoms with E-state index in [0.29, 0.717) is 5.69 Å². The van der Waals surface area contributed by atoms with Gasteiger partial charge < -0.3 is 15.2 Å². The molecule has 5 heteroatoms. The van der Waals surface area contributed by atoms with Crippen LogP contribution < -0.4 is 10.6 Å². The molecule has 3 N–H and O–H groups in total. The lowest BCUT2D eigenvalue weighted by Gasteiger charge is -2.13. The summed E-state index contributed by atoms with van der Waals surface area (Å²) in [7, 11) is 1.69. The van der Waals surface area contributed by atoms with Gasteiger partial charge in [-0.1, -0.05) is 45.9 Å². The number of carbonyl (C=O) groups excluding carboxylic acids is 1. The molecule has 1 amide bonds. The molecule has 1 unspecified atom stereocenters. The fourth-order valence-corrected chi connectivity index (χ4v) is 1.08. The molecule has 0 saturated heterocycles. The van der Waals surface area contributed by atoms with Crippen molar-refractivity contribution >= 4 is 11.8 Å². The van der Waals surface area contributed by atoms with Crippen molar-refractivity contribution in [2.75, 3.05) is 25.6 Å². The molecule has 0 saturated carbocycles. The molecule has 0 aliphatic rings. The van der Waals surface area contributed by atoms with Crippen LogP contribution in [0.25, 0.3) is 0 Å². The first kappa shape index (κ1) is 20.7. The molecule has 1 aromatic carbocycles. The number of rotatable bonds is 5. The number of likely N-dealkylation sites (N-methyl/N-ethyl adjacent to an activating group) is 1. The average molecular weight is 284 g/mol. The van der Waals surface area contributed by atoms with Gasteiger partial charge in [-0.05, 0) is 19.2 Å². The smallest absolute Gasteiger partial charge is 0.411 e. The Hall–Kier alpha value is -1.59. The van der Waals surface area contributed by atoms with Crippen molar-refractivity contribution in [2.24, 2.45) is 0 Å². The Morgan fingerprint density at radius 1 is 1.20 bits per heavy atom. The number of hydrogen-bond acceptors (Lipinski definition) is 4. The lowest BCUT2D eigenvalue weighted by Crippen LogP contribution is -2.35. The van der Waals surface area contributed by atoms with Crippen LogP contribution in [-0.2, 0) is 4.74 Å². The van der Waals surface area contributed by atoms with Gasteiger partial charge in [0.15, 0.2) is 0 Å². The second-order valence-electron chi connectivity index (χ2n) is 3.26. The van der Waals surface area contributed by atoms with Crippen LogP contribution in [0.4, 0.5) is 10.5 Å². The molecule has 0 fully saturated rings. The topological polar surface area (TPSA) is 70.6 Å². The van der Waals surface area contributed by atoms with Gasteiger partial charge in [0, 0.05) is 5.69 Å². The summed E-state index contributed by atoms with van der Waals surface area (Å²) in [5.41, 5.74) is 0.678. The SMILES string of the molecule is CC.CC.CNC(CO)COC(=O)Nc1ccccc1. The van der Waals surface area contributed by atoms with E-state index < -0.39 is 6.09 Å². The van der Waals surface area contributed by atoms with Crippen LogP contribution in [0.15, 0.2) is 30.3 Å². The molecular weight excluding hydrogens is 256 g/mol. The van der Waals surface area contributed by atoms with E-state index in [1.807, 2.05) is 45.9 Å². The summed E-state index contributed by atoms with van der Waals surface area (Å²) in [6.45, 7) is 8.06. The zero-order valence-electron chi connectivity index (χ0n) is 13.1. The molecule has 0 radical (unpaired) electrons. The molecule has 116 valence electrons. The number of anilines is 1. The van der Waals surface area contributed by atoms with Gasteiger partial charge in [-0.15, -0.1) is 0 Å². The molecule has 20 heavy (non-hydrogen) atoms. The lowest BCUT2D eigenvalue weighted by atomic mass is 10.3. The summed E-state index contributed by atoms with van der Waals surface area (Å²) in [4.78, 5) is 11.3. The van der Waals surface area contributed by atoms with E-state index in [1.165, 1.54) is 0 Å². The Labute approximate surface area is 122 Å². The minimum absolute atomic E-state index is 0.0743. The third kappa shape index (κ3) is 10.3. The number of aliphatic hydroxyl groups is 1. The third-order valence-corrected chi connectivity index (χ3v) is 2.06. The minimum atomic E-state index is -0.528. The van der Waals surface area contributed by atoms with Crippen LogP contribution in [0, 0.1) is 0 Å². The van der Waals surface area contributed by atoms with Crippen molar-refractivity contribution in [2.45, 2.75) is 33.7 Å². The maximum atomic E-state index is 11.3. The van der Waals surface area contributed by atoms with Gasteiger partial charge in [-0.25, -0.2) is 4.79 Å². The highest BCUT2D eigenvalue weighted by Gasteiger charge is 2.08. The van der Waals surface area contributed by atoms with Crippen LogP contribution in [0.2, 0.25) is 0 Å². The fourth-order valence-electron chi connectivity index (χ4n) is 1.08. The Bertz CT molecular complexity index is 314. The Morgan fingerprint density at radius 2 is 1.75 bits per heavy atom. The molecule has 0 bridgehead atoms. The van der Waals surface area contributed by atoms with Gasteiger partial charge in [0.1, 0.15) is 6.61 Å². The van der Waals surface area contributed by atoms with Crippen molar-refractivity contribution in [3.05, 3.63) is 30.3 Å². The second-order valence-corrected chi connectivity index (χ2v) is 3.26. The normalized spacial score (nSPS) is 10.1. The van der Waals surface area contributed by atoms with E-state index in [9.17, 15) is 4.79 Å². The summed E-state index contributed by atoms with van der Waals surface area (Å²) < 4.78 is 4.92. The van der Waals surface area contributed by atoms with Crippen molar-refractivity contribution < 1.29 is 14.6 Å². The fraction of sp³-hybridized carbons (Fsp3) is 0.533. The van der Waals surface area contributed by atoms with E-state index in [2.05, 4.69) is 10.6 Å². The number of nitrogens with one attached hydrogen (secondary N) is 2. The molecule has 1 atom stereocenters. The summed E-state index contributed by atoms with van der Waals surface area (Å²) in [5.74, 6) is 0. The third-order valence-electron chi connectivity index (χ3n) is 2.06. The minimum Gasteiger partial charge on any atom is -0.448 e. The predicted molar refractivity (Wildman–Crippen MR) is 84.0 cm³/mol. The van der Waals surface area contributed by atoms with Gasteiger partial charge in [-0.2, -0.15) is 0 Å². The largest absolute Gasteiger partial charge is 0.448 e. The van der Waals surface area contributed by atoms with Crippen LogP contribution in [0.3, 0.4) is 0 Å². The molecule has 0 aliphatic heterocycles.